The number of rotatable bonds is 7. The predicted octanol–water partition coefficient (Wildman–Crippen LogP) is 0.421. The fourth-order valence-corrected chi connectivity index (χ4v) is 1.07. The van der Waals surface area contributed by atoms with E-state index in [9.17, 15) is 9.59 Å². The van der Waals surface area contributed by atoms with E-state index in [0.717, 1.165) is 0 Å². The van der Waals surface area contributed by atoms with E-state index < -0.39 is 17.6 Å². The first-order valence-corrected chi connectivity index (χ1v) is 5.02. The smallest absolute Gasteiger partial charge is 0.457 e. The summed E-state index contributed by atoms with van der Waals surface area (Å²) in [6, 6.07) is 0. The van der Waals surface area contributed by atoms with Gasteiger partial charge in [0.2, 0.25) is 0 Å². The van der Waals surface area contributed by atoms with Crippen LogP contribution in [-0.2, 0) is 14.3 Å². The largest absolute Gasteiger partial charge is 0.463 e. The predicted molar refractivity (Wildman–Crippen MR) is 62.2 cm³/mol. The molecule has 0 N–H and O–H groups in total. The first kappa shape index (κ1) is 14.8. The van der Waals surface area contributed by atoms with Gasteiger partial charge in [-0.1, -0.05) is 12.2 Å². The maximum absolute atomic E-state index is 11.8. The van der Waals surface area contributed by atoms with E-state index in [1.807, 2.05) is 0 Å². The summed E-state index contributed by atoms with van der Waals surface area (Å²) in [5.74, 6) is -1.69. The molecule has 0 aliphatic carbocycles. The maximum Gasteiger partial charge on any atom is 0.463 e. The lowest BCUT2D eigenvalue weighted by Crippen LogP contribution is -2.41. The summed E-state index contributed by atoms with van der Waals surface area (Å²) in [5.41, 5.74) is 8.01. The minimum Gasteiger partial charge on any atom is -0.457 e. The van der Waals surface area contributed by atoms with Crippen LogP contribution in [0.5, 0.6) is 0 Å². The van der Waals surface area contributed by atoms with Crippen LogP contribution in [0.4, 0.5) is 0 Å². The average molecular weight is 237 g/mol. The van der Waals surface area contributed by atoms with Crippen LogP contribution in [0.2, 0.25) is 0 Å². The molecular formula is C11H15N3O3. The Hall–Kier alpha value is -2.20. The molecule has 0 aliphatic rings. The third-order valence-corrected chi connectivity index (χ3v) is 1.76. The summed E-state index contributed by atoms with van der Waals surface area (Å²) >= 11 is 0. The molecule has 0 heterocycles. The molecule has 0 saturated heterocycles. The van der Waals surface area contributed by atoms with Crippen molar-refractivity contribution < 1.29 is 19.1 Å². The SMILES string of the molecule is C=CCN(CC=C)C(=O)C(=[N+]=[N-])C(=O)OCC. The van der Waals surface area contributed by atoms with Crippen molar-refractivity contribution in [2.75, 3.05) is 19.7 Å². The van der Waals surface area contributed by atoms with E-state index in [2.05, 4.69) is 22.7 Å². The molecule has 0 rings (SSSR count). The standard InChI is InChI=1S/C11H15N3O3/c1-4-7-14(8-5-2)10(15)9(13-12)11(16)17-6-3/h4-5H,1-2,6-8H2,3H3. The third kappa shape index (κ3) is 4.44. The maximum atomic E-state index is 11.8. The monoisotopic (exact) mass is 237 g/mol. The highest BCUT2D eigenvalue weighted by atomic mass is 16.5. The Kier molecular flexibility index (Phi) is 6.97. The van der Waals surface area contributed by atoms with Gasteiger partial charge in [0.05, 0.1) is 6.61 Å². The minimum absolute atomic E-state index is 0.0913. The molecule has 0 fully saturated rings. The first-order valence-electron chi connectivity index (χ1n) is 5.02. The quantitative estimate of drug-likeness (QED) is 0.161. The molecule has 17 heavy (non-hydrogen) atoms. The van der Waals surface area contributed by atoms with E-state index in [1.54, 1.807) is 6.92 Å². The van der Waals surface area contributed by atoms with Crippen LogP contribution in [0.1, 0.15) is 6.92 Å². The topological polar surface area (TPSA) is 83.0 Å². The molecule has 0 aromatic rings. The molecule has 1 amide bonds. The zero-order valence-electron chi connectivity index (χ0n) is 9.76. The van der Waals surface area contributed by atoms with E-state index in [4.69, 9.17) is 5.53 Å². The first-order chi connectivity index (χ1) is 8.12. The van der Waals surface area contributed by atoms with E-state index in [1.165, 1.54) is 17.1 Å². The summed E-state index contributed by atoms with van der Waals surface area (Å²) in [6.45, 7) is 9.07. The zero-order valence-corrected chi connectivity index (χ0v) is 9.76. The van der Waals surface area contributed by atoms with Gasteiger partial charge in [0.15, 0.2) is 0 Å². The lowest BCUT2D eigenvalue weighted by Gasteiger charge is -2.15. The van der Waals surface area contributed by atoms with Crippen LogP contribution in [0.15, 0.2) is 25.3 Å². The van der Waals surface area contributed by atoms with Crippen molar-refractivity contribution in [1.82, 2.24) is 4.90 Å². The number of carbonyl (C=O) groups is 2. The van der Waals surface area contributed by atoms with E-state index >= 15 is 0 Å². The van der Waals surface area contributed by atoms with E-state index in [0.29, 0.717) is 0 Å². The second-order valence-electron chi connectivity index (χ2n) is 2.96. The molecule has 0 atom stereocenters. The highest BCUT2D eigenvalue weighted by molar-refractivity contribution is 6.61. The molecule has 0 bridgehead atoms. The Balaban J connectivity index is 4.94. The average Bonchev–Trinajstić information content (AvgIpc) is 2.30. The number of ether oxygens (including phenoxy) is 1. The molecule has 0 saturated carbocycles. The Morgan fingerprint density at radius 2 is 1.88 bits per heavy atom. The minimum atomic E-state index is -0.960. The van der Waals surface area contributed by atoms with Gasteiger partial charge in [0, 0.05) is 13.1 Å². The Morgan fingerprint density at radius 1 is 1.35 bits per heavy atom. The van der Waals surface area contributed by atoms with Gasteiger partial charge in [0.1, 0.15) is 0 Å². The van der Waals surface area contributed by atoms with Crippen molar-refractivity contribution >= 4 is 17.6 Å². The van der Waals surface area contributed by atoms with Crippen molar-refractivity contribution in [3.05, 3.63) is 30.8 Å². The number of esters is 1. The van der Waals surface area contributed by atoms with Crippen molar-refractivity contribution in [1.29, 1.82) is 0 Å². The number of hydrogen-bond acceptors (Lipinski definition) is 3. The fourth-order valence-electron chi connectivity index (χ4n) is 1.07. The molecule has 6 nitrogen and oxygen atoms in total. The van der Waals surface area contributed by atoms with Gasteiger partial charge in [-0.3, -0.25) is 4.79 Å². The molecule has 0 radical (unpaired) electrons. The Morgan fingerprint density at radius 3 is 2.24 bits per heavy atom. The molecule has 0 spiro atoms. The molecular weight excluding hydrogens is 222 g/mol. The van der Waals surface area contributed by atoms with Crippen LogP contribution < -0.4 is 0 Å². The molecule has 6 heteroatoms. The van der Waals surface area contributed by atoms with Crippen molar-refractivity contribution in [2.24, 2.45) is 0 Å². The fraction of sp³-hybridized carbons (Fsp3) is 0.364. The highest BCUT2D eigenvalue weighted by Crippen LogP contribution is 1.95. The normalized spacial score (nSPS) is 8.76. The Labute approximate surface area is 99.8 Å². The lowest BCUT2D eigenvalue weighted by molar-refractivity contribution is -0.143. The van der Waals surface area contributed by atoms with Gasteiger partial charge in [-0.05, 0) is 6.92 Å². The van der Waals surface area contributed by atoms with Gasteiger partial charge >= 0.3 is 17.6 Å². The highest BCUT2D eigenvalue weighted by Gasteiger charge is 2.34. The van der Waals surface area contributed by atoms with Crippen LogP contribution in [0.3, 0.4) is 0 Å². The molecule has 0 unspecified atom stereocenters. The van der Waals surface area contributed by atoms with Crippen LogP contribution in [0.25, 0.3) is 5.53 Å². The van der Waals surface area contributed by atoms with Crippen molar-refractivity contribution in [2.45, 2.75) is 6.92 Å². The summed E-state index contributed by atoms with van der Waals surface area (Å²) < 4.78 is 4.59. The zero-order chi connectivity index (χ0) is 13.3. The Bertz CT molecular complexity index is 360. The van der Waals surface area contributed by atoms with E-state index in [-0.39, 0.29) is 19.7 Å². The number of carbonyl (C=O) groups excluding carboxylic acids is 2. The summed E-state index contributed by atoms with van der Waals surface area (Å²) in [4.78, 5) is 27.0. The summed E-state index contributed by atoms with van der Waals surface area (Å²) in [5, 5.41) is 0. The van der Waals surface area contributed by atoms with Crippen LogP contribution in [0, 0.1) is 0 Å². The molecule has 0 aromatic heterocycles. The summed E-state index contributed by atoms with van der Waals surface area (Å²) in [6.07, 6.45) is 2.98. The number of amides is 1. The number of nitrogens with zero attached hydrogens (tertiary/aromatic N) is 3. The second kappa shape index (κ2) is 8.01. The summed E-state index contributed by atoms with van der Waals surface area (Å²) in [7, 11) is 0. The molecule has 0 aromatic carbocycles. The van der Waals surface area contributed by atoms with Crippen LogP contribution in [-0.4, -0.2) is 47.0 Å². The van der Waals surface area contributed by atoms with Crippen molar-refractivity contribution in [3.63, 3.8) is 0 Å². The van der Waals surface area contributed by atoms with Gasteiger partial charge in [-0.2, -0.15) is 4.79 Å². The second-order valence-corrected chi connectivity index (χ2v) is 2.96. The van der Waals surface area contributed by atoms with Gasteiger partial charge in [-0.25, -0.2) is 4.79 Å². The number of hydrogen-bond donors (Lipinski definition) is 0. The lowest BCUT2D eigenvalue weighted by atomic mass is 10.3. The molecule has 0 aliphatic heterocycles. The van der Waals surface area contributed by atoms with Crippen LogP contribution >= 0.6 is 0 Å². The third-order valence-electron chi connectivity index (χ3n) is 1.76. The molecule has 92 valence electrons. The van der Waals surface area contributed by atoms with Gasteiger partial charge < -0.3 is 15.2 Å². The van der Waals surface area contributed by atoms with Crippen molar-refractivity contribution in [3.8, 4) is 0 Å². The van der Waals surface area contributed by atoms with Gasteiger partial charge in [-0.15, -0.1) is 13.2 Å². The van der Waals surface area contributed by atoms with Gasteiger partial charge in [0.25, 0.3) is 0 Å².